The summed E-state index contributed by atoms with van der Waals surface area (Å²) in [6, 6.07) is 15.7. The van der Waals surface area contributed by atoms with Crippen LogP contribution in [0.1, 0.15) is 37.5 Å². The molecule has 0 unspecified atom stereocenters. The Morgan fingerprint density at radius 1 is 1.00 bits per heavy atom. The summed E-state index contributed by atoms with van der Waals surface area (Å²) in [5.74, 6) is 6.27. The molecule has 1 amide bonds. The van der Waals surface area contributed by atoms with Crippen molar-refractivity contribution in [2.45, 2.75) is 27.7 Å². The maximum atomic E-state index is 12.2. The molecule has 22 heavy (non-hydrogen) atoms. The van der Waals surface area contributed by atoms with Gasteiger partial charge in [0.15, 0.2) is 0 Å². The molecule has 0 aliphatic heterocycles. The molecular formula is C20H21NO. The molecule has 0 atom stereocenters. The first kappa shape index (κ1) is 15.9. The second kappa shape index (κ2) is 6.49. The molecule has 1 N–H and O–H groups in total. The largest absolute Gasteiger partial charge is 0.324 e. The highest BCUT2D eigenvalue weighted by Gasteiger charge is 2.21. The maximum Gasteiger partial charge on any atom is 0.229 e. The van der Waals surface area contributed by atoms with Gasteiger partial charge in [0.05, 0.1) is 5.69 Å². The number of anilines is 1. The van der Waals surface area contributed by atoms with E-state index in [1.165, 1.54) is 0 Å². The molecule has 0 fully saturated rings. The van der Waals surface area contributed by atoms with E-state index >= 15 is 0 Å². The van der Waals surface area contributed by atoms with Gasteiger partial charge in [-0.1, -0.05) is 56.9 Å². The molecule has 0 aliphatic carbocycles. The van der Waals surface area contributed by atoms with Gasteiger partial charge in [0, 0.05) is 16.5 Å². The Kier molecular flexibility index (Phi) is 4.68. The predicted octanol–water partition coefficient (Wildman–Crippen LogP) is 4.38. The van der Waals surface area contributed by atoms with Gasteiger partial charge in [0.1, 0.15) is 0 Å². The van der Waals surface area contributed by atoms with Crippen LogP contribution in [-0.4, -0.2) is 5.91 Å². The number of carbonyl (C=O) groups excluding carboxylic acids is 1. The molecule has 0 radical (unpaired) electrons. The van der Waals surface area contributed by atoms with Crippen LogP contribution in [0.15, 0.2) is 48.5 Å². The zero-order valence-corrected chi connectivity index (χ0v) is 13.5. The Balaban J connectivity index is 2.33. The normalized spacial score (nSPS) is 10.5. The van der Waals surface area contributed by atoms with Gasteiger partial charge in [-0.25, -0.2) is 0 Å². The minimum atomic E-state index is -0.437. The Bertz CT molecular complexity index is 728. The van der Waals surface area contributed by atoms with Gasteiger partial charge in [0.25, 0.3) is 0 Å². The number of benzene rings is 2. The van der Waals surface area contributed by atoms with Crippen molar-refractivity contribution in [1.82, 2.24) is 0 Å². The molecule has 0 aliphatic rings. The molecule has 0 heterocycles. The lowest BCUT2D eigenvalue weighted by molar-refractivity contribution is -0.123. The van der Waals surface area contributed by atoms with Gasteiger partial charge in [-0.3, -0.25) is 4.79 Å². The number of rotatable bonds is 1. The van der Waals surface area contributed by atoms with E-state index in [1.807, 2.05) is 76.2 Å². The zero-order chi connectivity index (χ0) is 16.2. The van der Waals surface area contributed by atoms with E-state index in [2.05, 4.69) is 17.2 Å². The molecular weight excluding hydrogens is 270 g/mol. The highest BCUT2D eigenvalue weighted by molar-refractivity contribution is 5.95. The summed E-state index contributed by atoms with van der Waals surface area (Å²) in [7, 11) is 0. The van der Waals surface area contributed by atoms with E-state index in [-0.39, 0.29) is 5.91 Å². The summed E-state index contributed by atoms with van der Waals surface area (Å²) in [6.45, 7) is 7.69. The Hall–Kier alpha value is -2.53. The van der Waals surface area contributed by atoms with Crippen molar-refractivity contribution < 1.29 is 4.79 Å². The topological polar surface area (TPSA) is 29.1 Å². The molecule has 0 bridgehead atoms. The second-order valence-electron chi connectivity index (χ2n) is 6.37. The fourth-order valence-electron chi connectivity index (χ4n) is 1.84. The standard InChI is InChI=1S/C20H21NO/c1-15-10-12-17(13-11-16-8-6-5-7-9-16)18(14-15)21-19(22)20(2,3)4/h5-10,12,14H,1-4H3,(H,21,22). The van der Waals surface area contributed by atoms with Gasteiger partial charge in [0.2, 0.25) is 5.91 Å². The molecule has 0 aromatic heterocycles. The third kappa shape index (κ3) is 4.23. The van der Waals surface area contributed by atoms with E-state index in [4.69, 9.17) is 0 Å². The first-order valence-electron chi connectivity index (χ1n) is 7.35. The minimum absolute atomic E-state index is 0.0131. The molecule has 0 spiro atoms. The van der Waals surface area contributed by atoms with E-state index < -0.39 is 5.41 Å². The molecule has 2 aromatic carbocycles. The molecule has 2 aromatic rings. The fourth-order valence-corrected chi connectivity index (χ4v) is 1.84. The fraction of sp³-hybridized carbons (Fsp3) is 0.250. The van der Waals surface area contributed by atoms with Crippen molar-refractivity contribution in [3.8, 4) is 11.8 Å². The van der Waals surface area contributed by atoms with Crippen LogP contribution < -0.4 is 5.32 Å². The number of nitrogens with one attached hydrogen (secondary N) is 1. The Morgan fingerprint density at radius 3 is 2.32 bits per heavy atom. The summed E-state index contributed by atoms with van der Waals surface area (Å²) < 4.78 is 0. The Labute approximate surface area is 132 Å². The van der Waals surface area contributed by atoms with Crippen LogP contribution in [0, 0.1) is 24.2 Å². The molecule has 112 valence electrons. The van der Waals surface area contributed by atoms with Crippen LogP contribution >= 0.6 is 0 Å². The third-order valence-electron chi connectivity index (χ3n) is 3.22. The quantitative estimate of drug-likeness (QED) is 0.776. The average molecular weight is 291 g/mol. The van der Waals surface area contributed by atoms with Crippen LogP contribution in [0.4, 0.5) is 5.69 Å². The van der Waals surface area contributed by atoms with E-state index in [9.17, 15) is 4.79 Å². The van der Waals surface area contributed by atoms with Gasteiger partial charge in [-0.2, -0.15) is 0 Å². The molecule has 2 heteroatoms. The number of hydrogen-bond acceptors (Lipinski definition) is 1. The lowest BCUT2D eigenvalue weighted by Gasteiger charge is -2.18. The molecule has 0 saturated carbocycles. The van der Waals surface area contributed by atoms with E-state index in [1.54, 1.807) is 0 Å². The van der Waals surface area contributed by atoms with Crippen LogP contribution in [0.2, 0.25) is 0 Å². The van der Waals surface area contributed by atoms with Gasteiger partial charge in [-0.05, 0) is 36.8 Å². The maximum absolute atomic E-state index is 12.2. The summed E-state index contributed by atoms with van der Waals surface area (Å²) in [5, 5.41) is 2.99. The van der Waals surface area contributed by atoms with E-state index in [0.29, 0.717) is 0 Å². The number of hydrogen-bond donors (Lipinski definition) is 1. The highest BCUT2D eigenvalue weighted by Crippen LogP contribution is 2.21. The average Bonchev–Trinajstić information content (AvgIpc) is 2.46. The smallest absolute Gasteiger partial charge is 0.229 e. The van der Waals surface area contributed by atoms with Crippen molar-refractivity contribution in [2.24, 2.45) is 5.41 Å². The summed E-state index contributed by atoms with van der Waals surface area (Å²) in [5.41, 5.74) is 3.20. The number of amides is 1. The third-order valence-corrected chi connectivity index (χ3v) is 3.22. The zero-order valence-electron chi connectivity index (χ0n) is 13.5. The lowest BCUT2D eigenvalue weighted by atomic mass is 9.95. The second-order valence-corrected chi connectivity index (χ2v) is 6.37. The Morgan fingerprint density at radius 2 is 1.68 bits per heavy atom. The van der Waals surface area contributed by atoms with Gasteiger partial charge >= 0.3 is 0 Å². The van der Waals surface area contributed by atoms with Crippen molar-refractivity contribution in [3.63, 3.8) is 0 Å². The summed E-state index contributed by atoms with van der Waals surface area (Å²) in [4.78, 5) is 12.2. The number of carbonyl (C=O) groups is 1. The van der Waals surface area contributed by atoms with Crippen LogP contribution in [0.3, 0.4) is 0 Å². The van der Waals surface area contributed by atoms with Crippen LogP contribution in [0.25, 0.3) is 0 Å². The SMILES string of the molecule is Cc1ccc(C#Cc2ccccc2)c(NC(=O)C(C)(C)C)c1. The van der Waals surface area contributed by atoms with Crippen molar-refractivity contribution in [3.05, 3.63) is 65.2 Å². The first-order chi connectivity index (χ1) is 10.4. The molecule has 2 nitrogen and oxygen atoms in total. The predicted molar refractivity (Wildman–Crippen MR) is 91.7 cm³/mol. The molecule has 2 rings (SSSR count). The van der Waals surface area contributed by atoms with Crippen LogP contribution in [-0.2, 0) is 4.79 Å². The van der Waals surface area contributed by atoms with Crippen molar-refractivity contribution in [2.75, 3.05) is 5.32 Å². The summed E-state index contributed by atoms with van der Waals surface area (Å²) in [6.07, 6.45) is 0. The van der Waals surface area contributed by atoms with Crippen LogP contribution in [0.5, 0.6) is 0 Å². The number of aryl methyl sites for hydroxylation is 1. The lowest BCUT2D eigenvalue weighted by Crippen LogP contribution is -2.28. The first-order valence-corrected chi connectivity index (χ1v) is 7.35. The van der Waals surface area contributed by atoms with E-state index in [0.717, 1.165) is 22.4 Å². The molecule has 0 saturated heterocycles. The monoisotopic (exact) mass is 291 g/mol. The van der Waals surface area contributed by atoms with Gasteiger partial charge < -0.3 is 5.32 Å². The van der Waals surface area contributed by atoms with Gasteiger partial charge in [-0.15, -0.1) is 0 Å². The highest BCUT2D eigenvalue weighted by atomic mass is 16.2. The van der Waals surface area contributed by atoms with Crippen molar-refractivity contribution >= 4 is 11.6 Å². The van der Waals surface area contributed by atoms with Crippen molar-refractivity contribution in [1.29, 1.82) is 0 Å². The minimum Gasteiger partial charge on any atom is -0.324 e. The summed E-state index contributed by atoms with van der Waals surface area (Å²) >= 11 is 0.